The van der Waals surface area contributed by atoms with Crippen LogP contribution in [0.2, 0.25) is 0 Å². The van der Waals surface area contributed by atoms with Crippen molar-refractivity contribution in [3.8, 4) is 17.7 Å². The van der Waals surface area contributed by atoms with Crippen LogP contribution in [-0.2, 0) is 6.54 Å². The number of benzene rings is 1. The Labute approximate surface area is 211 Å². The fourth-order valence-electron chi connectivity index (χ4n) is 4.06. The SMILES string of the molecule is C[C@H](O)C#Cc1cnc2c(c1)C(=O)N([C@@H](C)CO)C[C@H](C)[C@@H](CN(C)Cc1cccc(C(=O)O)c1)O2. The predicted molar refractivity (Wildman–Crippen MR) is 134 cm³/mol. The van der Waals surface area contributed by atoms with Gasteiger partial charge in [0.2, 0.25) is 5.88 Å². The van der Waals surface area contributed by atoms with E-state index >= 15 is 0 Å². The summed E-state index contributed by atoms with van der Waals surface area (Å²) in [4.78, 5) is 32.8. The molecule has 36 heavy (non-hydrogen) atoms. The molecule has 1 aliphatic rings. The van der Waals surface area contributed by atoms with Crippen molar-refractivity contribution < 1.29 is 29.6 Å². The molecule has 0 saturated carbocycles. The molecule has 0 saturated heterocycles. The number of amides is 1. The third-order valence-corrected chi connectivity index (χ3v) is 6.06. The monoisotopic (exact) mass is 495 g/mol. The Morgan fingerprint density at radius 3 is 2.75 bits per heavy atom. The third-order valence-electron chi connectivity index (χ3n) is 6.06. The largest absolute Gasteiger partial charge is 0.478 e. The number of hydrogen-bond acceptors (Lipinski definition) is 7. The topological polar surface area (TPSA) is 123 Å². The van der Waals surface area contributed by atoms with Gasteiger partial charge in [0.05, 0.1) is 18.2 Å². The highest BCUT2D eigenvalue weighted by atomic mass is 16.5. The molecule has 0 spiro atoms. The van der Waals surface area contributed by atoms with E-state index < -0.39 is 18.1 Å². The molecule has 9 nitrogen and oxygen atoms in total. The molecule has 1 amide bonds. The van der Waals surface area contributed by atoms with Crippen molar-refractivity contribution in [1.29, 1.82) is 0 Å². The summed E-state index contributed by atoms with van der Waals surface area (Å²) in [7, 11) is 1.92. The Morgan fingerprint density at radius 1 is 1.33 bits per heavy atom. The molecule has 1 aromatic heterocycles. The maximum Gasteiger partial charge on any atom is 0.335 e. The number of carboxylic acid groups (broad SMARTS) is 1. The van der Waals surface area contributed by atoms with Gasteiger partial charge in [0.25, 0.3) is 5.91 Å². The molecule has 0 fully saturated rings. The third kappa shape index (κ3) is 6.82. The number of aromatic nitrogens is 1. The smallest absolute Gasteiger partial charge is 0.335 e. The maximum atomic E-state index is 13.4. The molecule has 2 heterocycles. The zero-order valence-corrected chi connectivity index (χ0v) is 21.0. The van der Waals surface area contributed by atoms with E-state index in [0.717, 1.165) is 5.56 Å². The van der Waals surface area contributed by atoms with Gasteiger partial charge >= 0.3 is 5.97 Å². The van der Waals surface area contributed by atoms with Crippen LogP contribution in [0.5, 0.6) is 5.88 Å². The zero-order chi connectivity index (χ0) is 26.4. The highest BCUT2D eigenvalue weighted by Crippen LogP contribution is 2.27. The average Bonchev–Trinajstić information content (AvgIpc) is 2.84. The van der Waals surface area contributed by atoms with E-state index in [1.165, 1.54) is 6.20 Å². The first kappa shape index (κ1) is 27.1. The minimum absolute atomic E-state index is 0.0830. The fourth-order valence-corrected chi connectivity index (χ4v) is 4.06. The van der Waals surface area contributed by atoms with E-state index in [-0.39, 0.29) is 41.5 Å². The lowest BCUT2D eigenvalue weighted by Crippen LogP contribution is -2.49. The van der Waals surface area contributed by atoms with Crippen LogP contribution in [0.15, 0.2) is 36.5 Å². The summed E-state index contributed by atoms with van der Waals surface area (Å²) in [5, 5.41) is 28.5. The van der Waals surface area contributed by atoms with Crippen molar-refractivity contribution >= 4 is 11.9 Å². The summed E-state index contributed by atoms with van der Waals surface area (Å²) in [5.74, 6) is 4.29. The summed E-state index contributed by atoms with van der Waals surface area (Å²) in [6, 6.07) is 8.00. The van der Waals surface area contributed by atoms with Crippen LogP contribution < -0.4 is 4.74 Å². The molecule has 0 unspecified atom stereocenters. The number of rotatable bonds is 7. The number of carbonyl (C=O) groups excluding carboxylic acids is 1. The van der Waals surface area contributed by atoms with Crippen molar-refractivity contribution in [3.63, 3.8) is 0 Å². The Kier molecular flexibility index (Phi) is 9.04. The molecular weight excluding hydrogens is 462 g/mol. The number of fused-ring (bicyclic) bond motifs is 1. The Hall–Kier alpha value is -3.45. The number of hydrogen-bond donors (Lipinski definition) is 3. The van der Waals surface area contributed by atoms with Crippen molar-refractivity contribution in [3.05, 3.63) is 58.8 Å². The van der Waals surface area contributed by atoms with Crippen LogP contribution >= 0.6 is 0 Å². The fraction of sp³-hybridized carbons (Fsp3) is 0.444. The van der Waals surface area contributed by atoms with Crippen LogP contribution in [0.3, 0.4) is 0 Å². The van der Waals surface area contributed by atoms with Gasteiger partial charge in [0, 0.05) is 37.3 Å². The van der Waals surface area contributed by atoms with E-state index in [4.69, 9.17) is 4.74 Å². The van der Waals surface area contributed by atoms with Crippen LogP contribution in [0.4, 0.5) is 0 Å². The van der Waals surface area contributed by atoms with Gasteiger partial charge in [-0.05, 0) is 44.7 Å². The minimum Gasteiger partial charge on any atom is -0.478 e. The number of aliphatic hydroxyl groups excluding tert-OH is 2. The standard InChI is InChI=1S/C27H33N3O6/c1-17-13-30(18(2)16-31)26(33)23-11-20(9-8-19(3)32)12-28-25(23)36-24(17)15-29(4)14-21-6-5-7-22(10-21)27(34)35/h5-7,10-12,17-19,24,31-32H,13-16H2,1-4H3,(H,34,35)/t17-,18-,19-,24+/m0/s1. The Morgan fingerprint density at radius 2 is 2.08 bits per heavy atom. The highest BCUT2D eigenvalue weighted by molar-refractivity contribution is 5.97. The summed E-state index contributed by atoms with van der Waals surface area (Å²) >= 11 is 0. The van der Waals surface area contributed by atoms with Gasteiger partial charge in [-0.25, -0.2) is 9.78 Å². The van der Waals surface area contributed by atoms with Gasteiger partial charge in [0.15, 0.2) is 0 Å². The van der Waals surface area contributed by atoms with E-state index in [1.807, 2.05) is 24.9 Å². The lowest BCUT2D eigenvalue weighted by Gasteiger charge is -2.37. The van der Waals surface area contributed by atoms with Gasteiger partial charge < -0.3 is 25.0 Å². The van der Waals surface area contributed by atoms with E-state index in [1.54, 1.807) is 43.0 Å². The molecule has 3 N–H and O–H groups in total. The normalized spacial score (nSPS) is 19.3. The second-order valence-electron chi connectivity index (χ2n) is 9.35. The second-order valence-corrected chi connectivity index (χ2v) is 9.35. The number of ether oxygens (including phenoxy) is 1. The molecular formula is C27H33N3O6. The summed E-state index contributed by atoms with van der Waals surface area (Å²) < 4.78 is 6.28. The molecule has 0 aliphatic carbocycles. The number of aliphatic hydroxyl groups is 2. The van der Waals surface area contributed by atoms with E-state index in [2.05, 4.69) is 16.8 Å². The van der Waals surface area contributed by atoms with E-state index in [9.17, 15) is 24.9 Å². The second kappa shape index (κ2) is 12.0. The number of likely N-dealkylation sites (N-methyl/N-ethyl adjacent to an activating group) is 1. The minimum atomic E-state index is -0.973. The highest BCUT2D eigenvalue weighted by Gasteiger charge is 2.34. The van der Waals surface area contributed by atoms with Crippen molar-refractivity contribution in [1.82, 2.24) is 14.8 Å². The first-order chi connectivity index (χ1) is 17.1. The maximum absolute atomic E-state index is 13.4. The zero-order valence-electron chi connectivity index (χ0n) is 21.0. The molecule has 3 rings (SSSR count). The summed E-state index contributed by atoms with van der Waals surface area (Å²) in [5.41, 5.74) is 1.82. The van der Waals surface area contributed by atoms with Gasteiger partial charge in [-0.1, -0.05) is 30.9 Å². The predicted octanol–water partition coefficient (Wildman–Crippen LogP) is 1.86. The number of nitrogens with zero attached hydrogens (tertiary/aromatic N) is 3. The van der Waals surface area contributed by atoms with E-state index in [0.29, 0.717) is 25.2 Å². The van der Waals surface area contributed by atoms with Crippen LogP contribution in [0.1, 0.15) is 52.6 Å². The van der Waals surface area contributed by atoms with Gasteiger partial charge in [-0.3, -0.25) is 9.69 Å². The van der Waals surface area contributed by atoms with Gasteiger partial charge in [-0.2, -0.15) is 0 Å². The van der Waals surface area contributed by atoms with Crippen molar-refractivity contribution in [2.45, 2.75) is 45.6 Å². The van der Waals surface area contributed by atoms with Crippen molar-refractivity contribution in [2.24, 2.45) is 5.92 Å². The molecule has 192 valence electrons. The summed E-state index contributed by atoms with van der Waals surface area (Å²) in [6.45, 7) is 6.52. The quantitative estimate of drug-likeness (QED) is 0.498. The van der Waals surface area contributed by atoms with Gasteiger partial charge in [0.1, 0.15) is 17.8 Å². The first-order valence-electron chi connectivity index (χ1n) is 11.9. The molecule has 4 atom stereocenters. The average molecular weight is 496 g/mol. The Balaban J connectivity index is 1.89. The van der Waals surface area contributed by atoms with Crippen LogP contribution in [0.25, 0.3) is 0 Å². The summed E-state index contributed by atoms with van der Waals surface area (Å²) in [6.07, 6.45) is 0.354. The lowest BCUT2D eigenvalue weighted by molar-refractivity contribution is 0.0324. The number of aromatic carboxylic acids is 1. The number of carboxylic acids is 1. The number of carbonyl (C=O) groups is 2. The van der Waals surface area contributed by atoms with Gasteiger partial charge in [-0.15, -0.1) is 0 Å². The van der Waals surface area contributed by atoms with Crippen LogP contribution in [0, 0.1) is 17.8 Å². The molecule has 0 radical (unpaired) electrons. The molecule has 0 bridgehead atoms. The first-order valence-corrected chi connectivity index (χ1v) is 11.9. The lowest BCUT2D eigenvalue weighted by atomic mass is 9.99. The molecule has 1 aromatic carbocycles. The number of pyridine rings is 1. The van der Waals surface area contributed by atoms with Crippen LogP contribution in [-0.4, -0.2) is 87.0 Å². The Bertz CT molecular complexity index is 1160. The van der Waals surface area contributed by atoms with Crippen molar-refractivity contribution in [2.75, 3.05) is 26.7 Å². The molecule has 2 aromatic rings. The molecule has 9 heteroatoms. The molecule has 1 aliphatic heterocycles.